The standard InChI is InChI=1S/C17H24N2O2/c1-19(12-16(21)8-2-3-9-16)15(20)17(10-11-17)13-4-6-14(18)7-5-13/h4-7,21H,2-3,8-12,18H2,1H3. The molecule has 0 bridgehead atoms. The summed E-state index contributed by atoms with van der Waals surface area (Å²) in [5.74, 6) is 0.132. The first kappa shape index (κ1) is 14.4. The zero-order valence-electron chi connectivity index (χ0n) is 12.6. The van der Waals surface area contributed by atoms with Gasteiger partial charge < -0.3 is 15.7 Å². The molecule has 0 spiro atoms. The van der Waals surface area contributed by atoms with Crippen LogP contribution in [0.1, 0.15) is 44.1 Å². The van der Waals surface area contributed by atoms with Gasteiger partial charge in [0.25, 0.3) is 0 Å². The van der Waals surface area contributed by atoms with Crippen molar-refractivity contribution in [1.82, 2.24) is 4.90 Å². The fourth-order valence-corrected chi connectivity index (χ4v) is 3.62. The average Bonchev–Trinajstić information content (AvgIpc) is 3.16. The van der Waals surface area contributed by atoms with Crippen LogP contribution in [0.5, 0.6) is 0 Å². The van der Waals surface area contributed by atoms with Gasteiger partial charge in [0.15, 0.2) is 0 Å². The van der Waals surface area contributed by atoms with Crippen molar-refractivity contribution in [3.05, 3.63) is 29.8 Å². The fraction of sp³-hybridized carbons (Fsp3) is 0.588. The Morgan fingerprint density at radius 1 is 1.19 bits per heavy atom. The van der Waals surface area contributed by atoms with Gasteiger partial charge in [0.2, 0.25) is 5.91 Å². The van der Waals surface area contributed by atoms with Crippen LogP contribution in [0.4, 0.5) is 5.69 Å². The van der Waals surface area contributed by atoms with E-state index in [9.17, 15) is 9.90 Å². The summed E-state index contributed by atoms with van der Waals surface area (Å²) >= 11 is 0. The zero-order valence-corrected chi connectivity index (χ0v) is 12.6. The number of aliphatic hydroxyl groups is 1. The van der Waals surface area contributed by atoms with Crippen LogP contribution in [-0.2, 0) is 10.2 Å². The number of nitrogens with two attached hydrogens (primary N) is 1. The maximum absolute atomic E-state index is 12.8. The van der Waals surface area contributed by atoms with Gasteiger partial charge in [-0.05, 0) is 43.4 Å². The predicted molar refractivity (Wildman–Crippen MR) is 82.8 cm³/mol. The van der Waals surface area contributed by atoms with Gasteiger partial charge in [0.05, 0.1) is 11.0 Å². The van der Waals surface area contributed by atoms with E-state index in [0.717, 1.165) is 49.8 Å². The van der Waals surface area contributed by atoms with Crippen molar-refractivity contribution in [3.63, 3.8) is 0 Å². The van der Waals surface area contributed by atoms with Gasteiger partial charge in [-0.3, -0.25) is 4.79 Å². The maximum Gasteiger partial charge on any atom is 0.233 e. The highest BCUT2D eigenvalue weighted by atomic mass is 16.3. The Morgan fingerprint density at radius 3 is 2.29 bits per heavy atom. The molecule has 114 valence electrons. The lowest BCUT2D eigenvalue weighted by molar-refractivity contribution is -0.135. The van der Waals surface area contributed by atoms with E-state index in [0.29, 0.717) is 6.54 Å². The van der Waals surface area contributed by atoms with Gasteiger partial charge >= 0.3 is 0 Å². The number of hydrogen-bond donors (Lipinski definition) is 2. The Bertz CT molecular complexity index is 528. The molecule has 2 saturated carbocycles. The van der Waals surface area contributed by atoms with E-state index in [2.05, 4.69) is 0 Å². The second kappa shape index (κ2) is 5.02. The van der Waals surface area contributed by atoms with Crippen molar-refractivity contribution < 1.29 is 9.90 Å². The Labute approximate surface area is 125 Å². The number of carbonyl (C=O) groups is 1. The van der Waals surface area contributed by atoms with Crippen molar-refractivity contribution in [3.8, 4) is 0 Å². The van der Waals surface area contributed by atoms with Gasteiger partial charge in [-0.25, -0.2) is 0 Å². The SMILES string of the molecule is CN(CC1(O)CCCC1)C(=O)C1(c2ccc(N)cc2)CC1. The quantitative estimate of drug-likeness (QED) is 0.833. The highest BCUT2D eigenvalue weighted by Crippen LogP contribution is 2.49. The number of rotatable bonds is 4. The molecule has 4 nitrogen and oxygen atoms in total. The molecule has 3 rings (SSSR count). The van der Waals surface area contributed by atoms with Crippen LogP contribution in [0.15, 0.2) is 24.3 Å². The second-order valence-electron chi connectivity index (χ2n) is 6.80. The number of amides is 1. The van der Waals surface area contributed by atoms with Gasteiger partial charge in [-0.2, -0.15) is 0 Å². The average molecular weight is 288 g/mol. The minimum atomic E-state index is -0.679. The molecule has 2 fully saturated rings. The summed E-state index contributed by atoms with van der Waals surface area (Å²) in [5, 5.41) is 10.5. The lowest BCUT2D eigenvalue weighted by Gasteiger charge is -2.31. The lowest BCUT2D eigenvalue weighted by atomic mass is 9.93. The number of anilines is 1. The summed E-state index contributed by atoms with van der Waals surface area (Å²) in [6, 6.07) is 7.62. The zero-order chi connectivity index (χ0) is 15.1. The third-order valence-corrected chi connectivity index (χ3v) is 5.04. The van der Waals surface area contributed by atoms with E-state index in [1.54, 1.807) is 4.90 Å². The van der Waals surface area contributed by atoms with Crippen molar-refractivity contribution in [2.24, 2.45) is 0 Å². The molecule has 1 aromatic carbocycles. The Balaban J connectivity index is 1.73. The first-order chi connectivity index (χ1) is 9.95. The topological polar surface area (TPSA) is 66.6 Å². The largest absolute Gasteiger partial charge is 0.399 e. The Kier molecular flexibility index (Phi) is 3.44. The highest BCUT2D eigenvalue weighted by molar-refractivity contribution is 5.91. The number of carbonyl (C=O) groups excluding carboxylic acids is 1. The summed E-state index contributed by atoms with van der Waals surface area (Å²) in [6.07, 6.45) is 5.50. The number of nitrogens with zero attached hydrogens (tertiary/aromatic N) is 1. The second-order valence-corrected chi connectivity index (χ2v) is 6.80. The monoisotopic (exact) mass is 288 g/mol. The summed E-state index contributed by atoms with van der Waals surface area (Å²) in [7, 11) is 1.82. The first-order valence-corrected chi connectivity index (χ1v) is 7.79. The molecular weight excluding hydrogens is 264 g/mol. The molecule has 0 heterocycles. The van der Waals surface area contributed by atoms with E-state index in [1.165, 1.54) is 0 Å². The van der Waals surface area contributed by atoms with E-state index in [4.69, 9.17) is 5.73 Å². The number of nitrogen functional groups attached to an aromatic ring is 1. The third kappa shape index (κ3) is 2.64. The molecule has 0 unspecified atom stereocenters. The summed E-state index contributed by atoms with van der Waals surface area (Å²) < 4.78 is 0. The van der Waals surface area contributed by atoms with Gasteiger partial charge in [0.1, 0.15) is 0 Å². The molecule has 0 aromatic heterocycles. The van der Waals surface area contributed by atoms with Crippen LogP contribution >= 0.6 is 0 Å². The van der Waals surface area contributed by atoms with Gasteiger partial charge in [-0.1, -0.05) is 25.0 Å². The first-order valence-electron chi connectivity index (χ1n) is 7.79. The van der Waals surface area contributed by atoms with Crippen LogP contribution in [-0.4, -0.2) is 35.1 Å². The summed E-state index contributed by atoms with van der Waals surface area (Å²) in [6.45, 7) is 0.447. The summed E-state index contributed by atoms with van der Waals surface area (Å²) in [5.41, 5.74) is 6.43. The molecule has 0 radical (unpaired) electrons. The molecule has 1 amide bonds. The van der Waals surface area contributed by atoms with Crippen molar-refractivity contribution in [2.75, 3.05) is 19.3 Å². The molecule has 1 aromatic rings. The van der Waals surface area contributed by atoms with Crippen LogP contribution in [0, 0.1) is 0 Å². The highest BCUT2D eigenvalue weighted by Gasteiger charge is 2.53. The number of likely N-dealkylation sites (N-methyl/N-ethyl adjacent to an activating group) is 1. The van der Waals surface area contributed by atoms with Crippen molar-refractivity contribution in [1.29, 1.82) is 0 Å². The Hall–Kier alpha value is -1.55. The molecule has 0 saturated heterocycles. The maximum atomic E-state index is 12.8. The molecule has 2 aliphatic carbocycles. The van der Waals surface area contributed by atoms with Crippen LogP contribution in [0.25, 0.3) is 0 Å². The van der Waals surface area contributed by atoms with E-state index < -0.39 is 5.60 Å². The van der Waals surface area contributed by atoms with Gasteiger partial charge in [0, 0.05) is 19.3 Å². The molecule has 21 heavy (non-hydrogen) atoms. The minimum absolute atomic E-state index is 0.132. The molecule has 2 aliphatic rings. The van der Waals surface area contributed by atoms with Crippen molar-refractivity contribution in [2.45, 2.75) is 49.5 Å². The third-order valence-electron chi connectivity index (χ3n) is 5.04. The van der Waals surface area contributed by atoms with Crippen LogP contribution < -0.4 is 5.73 Å². The molecular formula is C17H24N2O2. The Morgan fingerprint density at radius 2 is 1.76 bits per heavy atom. The van der Waals surface area contributed by atoms with Crippen molar-refractivity contribution >= 4 is 11.6 Å². The van der Waals surface area contributed by atoms with E-state index in [-0.39, 0.29) is 11.3 Å². The van der Waals surface area contributed by atoms with Crippen LogP contribution in [0.2, 0.25) is 0 Å². The fourth-order valence-electron chi connectivity index (χ4n) is 3.62. The van der Waals surface area contributed by atoms with Crippen LogP contribution in [0.3, 0.4) is 0 Å². The number of hydrogen-bond acceptors (Lipinski definition) is 3. The van der Waals surface area contributed by atoms with E-state index >= 15 is 0 Å². The molecule has 0 aliphatic heterocycles. The predicted octanol–water partition coefficient (Wildman–Crippen LogP) is 2.06. The normalized spacial score (nSPS) is 22.0. The molecule has 4 heteroatoms. The minimum Gasteiger partial charge on any atom is -0.399 e. The van der Waals surface area contributed by atoms with E-state index in [1.807, 2.05) is 31.3 Å². The molecule has 0 atom stereocenters. The smallest absolute Gasteiger partial charge is 0.233 e. The lowest BCUT2D eigenvalue weighted by Crippen LogP contribution is -2.45. The molecule has 3 N–H and O–H groups in total. The number of benzene rings is 1. The summed E-state index contributed by atoms with van der Waals surface area (Å²) in [4.78, 5) is 14.6. The van der Waals surface area contributed by atoms with Gasteiger partial charge in [-0.15, -0.1) is 0 Å².